The van der Waals surface area contributed by atoms with Gasteiger partial charge in [0.25, 0.3) is 0 Å². The Balaban J connectivity index is 1.36. The molecule has 1 aromatic heterocycles. The van der Waals surface area contributed by atoms with Crippen molar-refractivity contribution >= 4 is 22.9 Å². The maximum absolute atomic E-state index is 12.9. The molecule has 1 aliphatic carbocycles. The van der Waals surface area contributed by atoms with Gasteiger partial charge in [0.1, 0.15) is 0 Å². The summed E-state index contributed by atoms with van der Waals surface area (Å²) in [4.78, 5) is 18.1. The molecule has 2 aliphatic rings. The van der Waals surface area contributed by atoms with Crippen LogP contribution >= 0.6 is 0 Å². The Morgan fingerprint density at radius 3 is 2.93 bits per heavy atom. The molecule has 5 nitrogen and oxygen atoms in total. The van der Waals surface area contributed by atoms with Gasteiger partial charge >= 0.3 is 0 Å². The number of ether oxygens (including phenoxy) is 2. The Morgan fingerprint density at radius 1 is 1.15 bits per heavy atom. The highest BCUT2D eigenvalue weighted by atomic mass is 16.7. The number of rotatable bonds is 5. The number of fused-ring (bicyclic) bond motifs is 2. The van der Waals surface area contributed by atoms with Gasteiger partial charge in [0.15, 0.2) is 11.5 Å². The van der Waals surface area contributed by atoms with E-state index in [0.717, 1.165) is 35.4 Å². The van der Waals surface area contributed by atoms with E-state index < -0.39 is 0 Å². The standard InChI is InChI=1S/C22H20N2O3/c25-22(9-5-15-4-8-20-21(12-15)27-14-26-20)24(17-6-7-17)13-16-2-1-3-19-18(16)10-11-23-19/h1-5,8-12,17,23H,6-7,13-14H2/b9-5+. The van der Waals surface area contributed by atoms with Gasteiger partial charge in [-0.1, -0.05) is 18.2 Å². The second kappa shape index (κ2) is 6.50. The Morgan fingerprint density at radius 2 is 2.04 bits per heavy atom. The Hall–Kier alpha value is -3.21. The first-order valence-electron chi connectivity index (χ1n) is 9.21. The maximum Gasteiger partial charge on any atom is 0.247 e. The van der Waals surface area contributed by atoms with E-state index >= 15 is 0 Å². The lowest BCUT2D eigenvalue weighted by Crippen LogP contribution is -2.31. The fraction of sp³-hybridized carbons (Fsp3) is 0.227. The topological polar surface area (TPSA) is 54.6 Å². The Bertz CT molecular complexity index is 1030. The zero-order valence-electron chi connectivity index (χ0n) is 14.9. The smallest absolute Gasteiger partial charge is 0.247 e. The summed E-state index contributed by atoms with van der Waals surface area (Å²) in [6.45, 7) is 0.881. The van der Waals surface area contributed by atoms with Crippen molar-refractivity contribution in [2.45, 2.75) is 25.4 Å². The fourth-order valence-electron chi connectivity index (χ4n) is 3.53. The number of aromatic amines is 1. The van der Waals surface area contributed by atoms with Gasteiger partial charge in [-0.25, -0.2) is 0 Å². The van der Waals surface area contributed by atoms with Crippen LogP contribution < -0.4 is 9.47 Å². The van der Waals surface area contributed by atoms with Crippen LogP contribution in [0.4, 0.5) is 0 Å². The van der Waals surface area contributed by atoms with Crippen molar-refractivity contribution in [3.8, 4) is 11.5 Å². The lowest BCUT2D eigenvalue weighted by Gasteiger charge is -2.21. The number of carbonyl (C=O) groups excluding carboxylic acids is 1. The molecule has 1 saturated carbocycles. The van der Waals surface area contributed by atoms with Crippen molar-refractivity contribution < 1.29 is 14.3 Å². The second-order valence-electron chi connectivity index (χ2n) is 7.00. The predicted molar refractivity (Wildman–Crippen MR) is 103 cm³/mol. The quantitative estimate of drug-likeness (QED) is 0.697. The van der Waals surface area contributed by atoms with Crippen LogP contribution in [0.3, 0.4) is 0 Å². The molecule has 5 rings (SSSR count). The van der Waals surface area contributed by atoms with Gasteiger partial charge in [0.05, 0.1) is 0 Å². The molecule has 0 bridgehead atoms. The molecule has 0 unspecified atom stereocenters. The molecule has 2 heterocycles. The molecule has 1 fully saturated rings. The molecule has 1 amide bonds. The first-order valence-corrected chi connectivity index (χ1v) is 9.21. The Labute approximate surface area is 157 Å². The van der Waals surface area contributed by atoms with Gasteiger partial charge in [-0.15, -0.1) is 0 Å². The van der Waals surface area contributed by atoms with Crippen molar-refractivity contribution in [3.05, 3.63) is 65.9 Å². The van der Waals surface area contributed by atoms with Crippen molar-refractivity contribution in [3.63, 3.8) is 0 Å². The molecular weight excluding hydrogens is 340 g/mol. The summed E-state index contributed by atoms with van der Waals surface area (Å²) in [6.07, 6.45) is 7.60. The van der Waals surface area contributed by atoms with Crippen LogP contribution in [0.1, 0.15) is 24.0 Å². The van der Waals surface area contributed by atoms with E-state index in [0.29, 0.717) is 12.6 Å². The van der Waals surface area contributed by atoms with Crippen LogP contribution in [0.15, 0.2) is 54.7 Å². The van der Waals surface area contributed by atoms with E-state index in [2.05, 4.69) is 23.2 Å². The molecule has 1 N–H and O–H groups in total. The van der Waals surface area contributed by atoms with Crippen molar-refractivity contribution in [2.24, 2.45) is 0 Å². The third-order valence-electron chi connectivity index (χ3n) is 5.11. The number of nitrogens with zero attached hydrogens (tertiary/aromatic N) is 1. The molecule has 5 heteroatoms. The maximum atomic E-state index is 12.9. The van der Waals surface area contributed by atoms with Crippen LogP contribution in [-0.2, 0) is 11.3 Å². The molecule has 0 saturated heterocycles. The first kappa shape index (κ1) is 16.0. The van der Waals surface area contributed by atoms with E-state index in [1.807, 2.05) is 41.4 Å². The summed E-state index contributed by atoms with van der Waals surface area (Å²) in [6, 6.07) is 14.3. The minimum absolute atomic E-state index is 0.0442. The van der Waals surface area contributed by atoms with Crippen LogP contribution in [0, 0.1) is 0 Å². The molecular formula is C22H20N2O3. The largest absolute Gasteiger partial charge is 0.454 e. The Kier molecular flexibility index (Phi) is 3.85. The first-order chi connectivity index (χ1) is 13.3. The van der Waals surface area contributed by atoms with Gasteiger partial charge in [-0.2, -0.15) is 0 Å². The van der Waals surface area contributed by atoms with E-state index in [4.69, 9.17) is 9.47 Å². The van der Waals surface area contributed by atoms with E-state index in [1.165, 1.54) is 10.9 Å². The summed E-state index contributed by atoms with van der Waals surface area (Å²) in [5, 5.41) is 1.18. The van der Waals surface area contributed by atoms with Crippen molar-refractivity contribution in [2.75, 3.05) is 6.79 Å². The van der Waals surface area contributed by atoms with Crippen LogP contribution in [0.25, 0.3) is 17.0 Å². The van der Waals surface area contributed by atoms with E-state index in [-0.39, 0.29) is 12.7 Å². The summed E-state index contributed by atoms with van der Waals surface area (Å²) >= 11 is 0. The predicted octanol–water partition coefficient (Wildman–Crippen LogP) is 4.10. The number of hydrogen-bond acceptors (Lipinski definition) is 3. The summed E-state index contributed by atoms with van der Waals surface area (Å²) in [5.41, 5.74) is 3.20. The van der Waals surface area contributed by atoms with E-state index in [9.17, 15) is 4.79 Å². The molecule has 0 spiro atoms. The van der Waals surface area contributed by atoms with Crippen molar-refractivity contribution in [1.82, 2.24) is 9.88 Å². The highest BCUT2D eigenvalue weighted by Gasteiger charge is 2.31. The van der Waals surface area contributed by atoms with Crippen LogP contribution in [0.2, 0.25) is 0 Å². The van der Waals surface area contributed by atoms with Crippen LogP contribution in [0.5, 0.6) is 11.5 Å². The molecule has 0 radical (unpaired) electrons. The third-order valence-corrected chi connectivity index (χ3v) is 5.11. The molecule has 3 aromatic rings. The lowest BCUT2D eigenvalue weighted by molar-refractivity contribution is -0.127. The average molecular weight is 360 g/mol. The second-order valence-corrected chi connectivity index (χ2v) is 7.00. The SMILES string of the molecule is O=C(/C=C/c1ccc2c(c1)OCO2)N(Cc1cccc2[nH]ccc12)C1CC1. The zero-order chi connectivity index (χ0) is 18.2. The summed E-state index contributed by atoms with van der Waals surface area (Å²) in [5.74, 6) is 1.52. The molecule has 136 valence electrons. The molecule has 27 heavy (non-hydrogen) atoms. The van der Waals surface area contributed by atoms with Gasteiger partial charge in [-0.05, 0) is 54.3 Å². The number of carbonyl (C=O) groups is 1. The van der Waals surface area contributed by atoms with Gasteiger partial charge in [-0.3, -0.25) is 4.79 Å². The number of H-pyrrole nitrogens is 1. The minimum atomic E-state index is 0.0442. The summed E-state index contributed by atoms with van der Waals surface area (Å²) < 4.78 is 10.7. The van der Waals surface area contributed by atoms with Gasteiger partial charge in [0, 0.05) is 35.8 Å². The minimum Gasteiger partial charge on any atom is -0.454 e. The average Bonchev–Trinajstić information content (AvgIpc) is 3.21. The van der Waals surface area contributed by atoms with Crippen LogP contribution in [-0.4, -0.2) is 28.6 Å². The number of nitrogens with one attached hydrogen (secondary N) is 1. The molecule has 1 aliphatic heterocycles. The van der Waals surface area contributed by atoms with Gasteiger partial charge < -0.3 is 19.4 Å². The number of amides is 1. The van der Waals surface area contributed by atoms with E-state index in [1.54, 1.807) is 6.08 Å². The number of benzene rings is 2. The third kappa shape index (κ3) is 3.16. The van der Waals surface area contributed by atoms with Gasteiger partial charge in [0.2, 0.25) is 12.7 Å². The highest BCUT2D eigenvalue weighted by molar-refractivity contribution is 5.93. The monoisotopic (exact) mass is 360 g/mol. The number of aromatic nitrogens is 1. The number of hydrogen-bond donors (Lipinski definition) is 1. The summed E-state index contributed by atoms with van der Waals surface area (Å²) in [7, 11) is 0. The molecule has 0 atom stereocenters. The fourth-order valence-corrected chi connectivity index (χ4v) is 3.53. The highest BCUT2D eigenvalue weighted by Crippen LogP contribution is 2.33. The normalized spacial score (nSPS) is 15.6. The molecule has 2 aromatic carbocycles. The van der Waals surface area contributed by atoms with Crippen molar-refractivity contribution in [1.29, 1.82) is 0 Å². The zero-order valence-corrected chi connectivity index (χ0v) is 14.9. The lowest BCUT2D eigenvalue weighted by atomic mass is 10.1.